The average molecular weight is 728 g/mol. The summed E-state index contributed by atoms with van der Waals surface area (Å²) in [6.45, 7) is 18.6. The number of rotatable bonds is 19. The molecule has 5 N–H and O–H groups in total. The van der Waals surface area contributed by atoms with Gasteiger partial charge in [-0.15, -0.1) is 11.3 Å². The van der Waals surface area contributed by atoms with Gasteiger partial charge in [0.25, 0.3) is 5.91 Å². The van der Waals surface area contributed by atoms with Crippen LogP contribution in [-0.4, -0.2) is 82.7 Å². The van der Waals surface area contributed by atoms with Crippen LogP contribution in [0.15, 0.2) is 35.9 Å². The van der Waals surface area contributed by atoms with Crippen LogP contribution in [0.2, 0.25) is 0 Å². The maximum atomic E-state index is 14.4. The zero-order valence-electron chi connectivity index (χ0n) is 32.0. The average Bonchev–Trinajstić information content (AvgIpc) is 3.62. The van der Waals surface area contributed by atoms with Gasteiger partial charge in [0, 0.05) is 36.3 Å². The topological polar surface area (TPSA) is 153 Å². The SMILES string of the molecule is C=C(OC)C1CC(NC(=O)c2csc(C(O)CC(C(C)C)N(CCC)C(=O)C(NC(=O)C(NC)C(C)CC)C(C)CC)n2)Cc2ccc(O)cc21. The first-order valence-corrected chi connectivity index (χ1v) is 19.4. The molecule has 0 fully saturated rings. The van der Waals surface area contributed by atoms with Gasteiger partial charge in [-0.05, 0) is 67.3 Å². The van der Waals surface area contributed by atoms with Crippen molar-refractivity contribution >= 4 is 29.1 Å². The number of carbonyl (C=O) groups is 3. The first-order chi connectivity index (χ1) is 24.2. The minimum Gasteiger partial charge on any atom is -0.508 e. The molecule has 1 aliphatic rings. The van der Waals surface area contributed by atoms with Gasteiger partial charge in [0.05, 0.1) is 18.9 Å². The Hall–Kier alpha value is -3.48. The number of hydrogen-bond donors (Lipinski definition) is 5. The number of aliphatic hydroxyl groups is 1. The molecule has 51 heavy (non-hydrogen) atoms. The van der Waals surface area contributed by atoms with Crippen molar-refractivity contribution < 1.29 is 29.3 Å². The maximum Gasteiger partial charge on any atom is 0.270 e. The predicted octanol–water partition coefficient (Wildman–Crippen LogP) is 5.69. The summed E-state index contributed by atoms with van der Waals surface area (Å²) in [6, 6.07) is 3.55. The highest BCUT2D eigenvalue weighted by Crippen LogP contribution is 2.38. The number of hydrogen-bond acceptors (Lipinski definition) is 9. The minimum atomic E-state index is -1.00. The summed E-state index contributed by atoms with van der Waals surface area (Å²) in [5, 5.41) is 32.9. The fraction of sp³-hybridized carbons (Fsp3) is 0.641. The molecule has 11 nitrogen and oxygen atoms in total. The quantitative estimate of drug-likeness (QED) is 0.116. The number of likely N-dealkylation sites (N-methyl/N-ethyl adjacent to an activating group) is 1. The highest BCUT2D eigenvalue weighted by Gasteiger charge is 2.37. The molecular formula is C39H61N5O6S. The lowest BCUT2D eigenvalue weighted by Gasteiger charge is -2.39. The molecule has 0 radical (unpaired) electrons. The van der Waals surface area contributed by atoms with Crippen molar-refractivity contribution in [2.24, 2.45) is 17.8 Å². The number of phenolic OH excluding ortho intramolecular Hbond substituents is 1. The Balaban J connectivity index is 1.78. The zero-order valence-corrected chi connectivity index (χ0v) is 32.8. The normalized spacial score (nSPS) is 19.2. The molecule has 8 unspecified atom stereocenters. The number of nitrogens with one attached hydrogen (secondary N) is 3. The van der Waals surface area contributed by atoms with E-state index >= 15 is 0 Å². The second kappa shape index (κ2) is 19.4. The van der Waals surface area contributed by atoms with Crippen LogP contribution >= 0.6 is 11.3 Å². The van der Waals surface area contributed by atoms with E-state index < -0.39 is 18.2 Å². The molecule has 1 aromatic carbocycles. The molecule has 0 saturated heterocycles. The molecule has 1 aromatic heterocycles. The second-order valence-electron chi connectivity index (χ2n) is 14.4. The summed E-state index contributed by atoms with van der Waals surface area (Å²) in [7, 11) is 3.33. The van der Waals surface area contributed by atoms with E-state index in [0.29, 0.717) is 43.0 Å². The van der Waals surface area contributed by atoms with Gasteiger partial charge >= 0.3 is 0 Å². The second-order valence-corrected chi connectivity index (χ2v) is 15.3. The molecule has 3 amide bonds. The van der Waals surface area contributed by atoms with E-state index in [4.69, 9.17) is 4.74 Å². The lowest BCUT2D eigenvalue weighted by Crippen LogP contribution is -2.58. The van der Waals surface area contributed by atoms with E-state index in [1.54, 1.807) is 31.7 Å². The van der Waals surface area contributed by atoms with Crippen LogP contribution in [0.4, 0.5) is 0 Å². The number of fused-ring (bicyclic) bond motifs is 1. The van der Waals surface area contributed by atoms with Gasteiger partial charge < -0.3 is 35.8 Å². The van der Waals surface area contributed by atoms with Gasteiger partial charge in [-0.1, -0.05) is 74.0 Å². The Labute approximate surface area is 308 Å². The van der Waals surface area contributed by atoms with Gasteiger partial charge in [0.2, 0.25) is 11.8 Å². The molecule has 8 atom stereocenters. The Kier molecular flexibility index (Phi) is 15.9. The summed E-state index contributed by atoms with van der Waals surface area (Å²) in [5.41, 5.74) is 2.16. The van der Waals surface area contributed by atoms with E-state index in [1.807, 2.05) is 59.4 Å². The number of thiazole rings is 1. The Morgan fingerprint density at radius 3 is 2.35 bits per heavy atom. The number of amides is 3. The van der Waals surface area contributed by atoms with Crippen LogP contribution in [0.5, 0.6) is 5.75 Å². The van der Waals surface area contributed by atoms with Crippen molar-refractivity contribution in [3.05, 3.63) is 57.7 Å². The lowest BCUT2D eigenvalue weighted by atomic mass is 9.79. The van der Waals surface area contributed by atoms with E-state index in [1.165, 1.54) is 11.3 Å². The number of aliphatic hydroxyl groups excluding tert-OH is 1. The number of ether oxygens (including phenoxy) is 1. The van der Waals surface area contributed by atoms with Crippen LogP contribution in [0, 0.1) is 17.8 Å². The first-order valence-electron chi connectivity index (χ1n) is 18.5. The molecule has 3 rings (SSSR count). The van der Waals surface area contributed by atoms with Crippen molar-refractivity contribution in [3.63, 3.8) is 0 Å². The summed E-state index contributed by atoms with van der Waals surface area (Å²) in [6.07, 6.45) is 2.61. The summed E-state index contributed by atoms with van der Waals surface area (Å²) in [4.78, 5) is 47.6. The highest BCUT2D eigenvalue weighted by atomic mass is 32.1. The fourth-order valence-corrected chi connectivity index (χ4v) is 7.79. The van der Waals surface area contributed by atoms with Gasteiger partial charge in [-0.25, -0.2) is 4.98 Å². The minimum absolute atomic E-state index is 0.00206. The summed E-state index contributed by atoms with van der Waals surface area (Å²) in [5.74, 6) is -0.142. The van der Waals surface area contributed by atoms with Crippen LogP contribution < -0.4 is 16.0 Å². The predicted molar refractivity (Wildman–Crippen MR) is 203 cm³/mol. The van der Waals surface area contributed by atoms with Gasteiger partial charge in [-0.2, -0.15) is 0 Å². The molecule has 0 spiro atoms. The number of carbonyl (C=O) groups excluding carboxylic acids is 3. The number of allylic oxidation sites excluding steroid dienone is 1. The number of aromatic hydroxyl groups is 1. The molecule has 0 saturated carbocycles. The molecule has 12 heteroatoms. The summed E-state index contributed by atoms with van der Waals surface area (Å²) < 4.78 is 5.45. The first kappa shape index (κ1) is 41.9. The van der Waals surface area contributed by atoms with Crippen molar-refractivity contribution in [2.45, 2.75) is 123 Å². The molecule has 1 heterocycles. The number of benzene rings is 1. The Morgan fingerprint density at radius 1 is 1.10 bits per heavy atom. The standard InChI is InChI=1S/C39H61N5O6S/c1-11-16-44(39(49)35(24(7)13-3)43-37(48)34(40-9)23(6)12-2)32(22(4)5)20-33(46)38-42-31(21-51-38)36(47)41-27-17-26-14-15-28(45)19-30(26)29(18-27)25(8)50-10/h14-15,19,21-24,27,29,32-35,40,45-46H,8,11-13,16-18,20H2,1-7,9-10H3,(H,41,47)(H,43,48). The smallest absolute Gasteiger partial charge is 0.270 e. The highest BCUT2D eigenvalue weighted by molar-refractivity contribution is 7.09. The van der Waals surface area contributed by atoms with Gasteiger partial charge in [-0.3, -0.25) is 14.4 Å². The van der Waals surface area contributed by atoms with Crippen LogP contribution in [-0.2, 0) is 20.7 Å². The maximum absolute atomic E-state index is 14.4. The van der Waals surface area contributed by atoms with E-state index in [9.17, 15) is 24.6 Å². The third-order valence-electron chi connectivity index (χ3n) is 10.5. The van der Waals surface area contributed by atoms with Crippen molar-refractivity contribution in [1.29, 1.82) is 0 Å². The summed E-state index contributed by atoms with van der Waals surface area (Å²) >= 11 is 1.22. The number of phenols is 1. The van der Waals surface area contributed by atoms with Gasteiger partial charge in [0.15, 0.2) is 0 Å². The third kappa shape index (κ3) is 10.5. The monoisotopic (exact) mass is 727 g/mol. The number of aromatic nitrogens is 1. The fourth-order valence-electron chi connectivity index (χ4n) is 7.00. The van der Waals surface area contributed by atoms with Crippen molar-refractivity contribution in [3.8, 4) is 5.75 Å². The molecular weight excluding hydrogens is 667 g/mol. The van der Waals surface area contributed by atoms with Crippen LogP contribution in [0.3, 0.4) is 0 Å². The molecule has 284 valence electrons. The largest absolute Gasteiger partial charge is 0.508 e. The molecule has 1 aliphatic carbocycles. The van der Waals surface area contributed by atoms with Crippen LogP contribution in [0.25, 0.3) is 0 Å². The Bertz CT molecular complexity index is 1480. The number of methoxy groups -OCH3 is 1. The van der Waals surface area contributed by atoms with Crippen molar-refractivity contribution in [1.82, 2.24) is 25.8 Å². The lowest BCUT2D eigenvalue weighted by molar-refractivity contribution is -0.142. The molecule has 0 aliphatic heterocycles. The molecule has 2 aromatic rings. The number of nitrogens with zero attached hydrogens (tertiary/aromatic N) is 2. The third-order valence-corrected chi connectivity index (χ3v) is 11.4. The van der Waals surface area contributed by atoms with Crippen LogP contribution in [0.1, 0.15) is 119 Å². The van der Waals surface area contributed by atoms with Gasteiger partial charge in [0.1, 0.15) is 28.6 Å². The Morgan fingerprint density at radius 2 is 1.76 bits per heavy atom. The van der Waals surface area contributed by atoms with E-state index in [2.05, 4.69) is 27.5 Å². The molecule has 0 bridgehead atoms. The zero-order chi connectivity index (χ0) is 38.0. The van der Waals surface area contributed by atoms with E-state index in [0.717, 1.165) is 17.5 Å². The van der Waals surface area contributed by atoms with E-state index in [-0.39, 0.29) is 71.3 Å². The van der Waals surface area contributed by atoms with Crippen molar-refractivity contribution in [2.75, 3.05) is 20.7 Å².